The lowest BCUT2D eigenvalue weighted by molar-refractivity contribution is -0.120. The molecule has 1 aromatic carbocycles. The Bertz CT molecular complexity index is 762. The lowest BCUT2D eigenvalue weighted by atomic mass is 10.2. The van der Waals surface area contributed by atoms with Crippen molar-refractivity contribution >= 4 is 23.2 Å². The predicted octanol–water partition coefficient (Wildman–Crippen LogP) is 1.91. The molecule has 146 valence electrons. The Kier molecular flexibility index (Phi) is 7.63. The summed E-state index contributed by atoms with van der Waals surface area (Å²) in [5, 5.41) is 7.49. The van der Waals surface area contributed by atoms with Crippen LogP contribution in [0.5, 0.6) is 11.5 Å². The summed E-state index contributed by atoms with van der Waals surface area (Å²) in [6.45, 7) is 0.371. The van der Waals surface area contributed by atoms with E-state index < -0.39 is 0 Å². The van der Waals surface area contributed by atoms with Gasteiger partial charge in [-0.05, 0) is 43.7 Å². The maximum Gasteiger partial charge on any atom is 0.251 e. The molecule has 0 aliphatic rings. The standard InChI is InChI=1S/C19H25N3O4S/c1-22(2)14(17-6-5-9-27-17)11-20-18(23)12-21-19(24)13-7-8-15(25-3)16(10-13)26-4/h5-10,14H,11-12H2,1-4H3,(H,20,23)(H,21,24). The van der Waals surface area contributed by atoms with E-state index in [1.807, 2.05) is 36.5 Å². The molecule has 27 heavy (non-hydrogen) atoms. The van der Waals surface area contributed by atoms with Gasteiger partial charge in [0, 0.05) is 17.0 Å². The van der Waals surface area contributed by atoms with Gasteiger partial charge >= 0.3 is 0 Å². The average molecular weight is 391 g/mol. The minimum atomic E-state index is -0.353. The van der Waals surface area contributed by atoms with E-state index in [1.54, 1.807) is 29.5 Å². The van der Waals surface area contributed by atoms with Gasteiger partial charge in [-0.1, -0.05) is 6.07 Å². The fourth-order valence-corrected chi connectivity index (χ4v) is 3.45. The van der Waals surface area contributed by atoms with E-state index in [4.69, 9.17) is 9.47 Å². The van der Waals surface area contributed by atoms with Gasteiger partial charge in [0.1, 0.15) is 0 Å². The number of likely N-dealkylation sites (N-methyl/N-ethyl adjacent to an activating group) is 1. The van der Waals surface area contributed by atoms with Gasteiger partial charge in [-0.2, -0.15) is 0 Å². The van der Waals surface area contributed by atoms with Crippen LogP contribution in [0.1, 0.15) is 21.3 Å². The normalized spacial score (nSPS) is 11.7. The molecule has 2 rings (SSSR count). The van der Waals surface area contributed by atoms with E-state index in [0.29, 0.717) is 23.6 Å². The van der Waals surface area contributed by atoms with Crippen LogP contribution in [0.25, 0.3) is 0 Å². The SMILES string of the molecule is COc1ccc(C(=O)NCC(=O)NCC(c2cccs2)N(C)C)cc1OC. The van der Waals surface area contributed by atoms with Gasteiger partial charge in [0.05, 0.1) is 26.8 Å². The van der Waals surface area contributed by atoms with E-state index in [9.17, 15) is 9.59 Å². The molecule has 0 aliphatic heterocycles. The Balaban J connectivity index is 1.87. The maximum atomic E-state index is 12.3. The van der Waals surface area contributed by atoms with Crippen LogP contribution in [0.4, 0.5) is 0 Å². The highest BCUT2D eigenvalue weighted by Gasteiger charge is 2.17. The number of hydrogen-bond acceptors (Lipinski definition) is 6. The molecule has 1 unspecified atom stereocenters. The molecule has 0 fully saturated rings. The molecule has 2 N–H and O–H groups in total. The predicted molar refractivity (Wildman–Crippen MR) is 106 cm³/mol. The number of methoxy groups -OCH3 is 2. The zero-order valence-electron chi connectivity index (χ0n) is 15.9. The molecule has 2 aromatic rings. The first-order valence-electron chi connectivity index (χ1n) is 8.43. The number of rotatable bonds is 9. The Morgan fingerprint density at radius 1 is 1.11 bits per heavy atom. The second-order valence-electron chi connectivity index (χ2n) is 6.05. The monoisotopic (exact) mass is 391 g/mol. The Labute approximate surface area is 163 Å². The third-order valence-electron chi connectivity index (χ3n) is 4.04. The van der Waals surface area contributed by atoms with Crippen molar-refractivity contribution in [2.45, 2.75) is 6.04 Å². The van der Waals surface area contributed by atoms with Gasteiger partial charge < -0.3 is 25.0 Å². The van der Waals surface area contributed by atoms with Crippen molar-refractivity contribution in [2.24, 2.45) is 0 Å². The molecule has 1 aromatic heterocycles. The number of nitrogens with one attached hydrogen (secondary N) is 2. The van der Waals surface area contributed by atoms with Crippen LogP contribution in [0.3, 0.4) is 0 Å². The fourth-order valence-electron chi connectivity index (χ4n) is 2.53. The number of carbonyl (C=O) groups is 2. The molecule has 7 nitrogen and oxygen atoms in total. The highest BCUT2D eigenvalue weighted by Crippen LogP contribution is 2.27. The Morgan fingerprint density at radius 3 is 2.44 bits per heavy atom. The summed E-state index contributed by atoms with van der Waals surface area (Å²) in [7, 11) is 6.96. The van der Waals surface area contributed by atoms with Crippen LogP contribution in [-0.2, 0) is 4.79 Å². The number of nitrogens with zero attached hydrogens (tertiary/aromatic N) is 1. The van der Waals surface area contributed by atoms with E-state index in [1.165, 1.54) is 19.1 Å². The molecular weight excluding hydrogens is 366 g/mol. The van der Waals surface area contributed by atoms with Crippen LogP contribution in [-0.4, -0.2) is 58.1 Å². The Morgan fingerprint density at radius 2 is 1.85 bits per heavy atom. The highest BCUT2D eigenvalue weighted by atomic mass is 32.1. The minimum Gasteiger partial charge on any atom is -0.493 e. The van der Waals surface area contributed by atoms with Crippen LogP contribution in [0.15, 0.2) is 35.7 Å². The first-order valence-corrected chi connectivity index (χ1v) is 9.31. The first-order chi connectivity index (χ1) is 13.0. The zero-order valence-corrected chi connectivity index (χ0v) is 16.8. The van der Waals surface area contributed by atoms with Crippen molar-refractivity contribution in [2.75, 3.05) is 41.4 Å². The van der Waals surface area contributed by atoms with Crippen LogP contribution >= 0.6 is 11.3 Å². The van der Waals surface area contributed by atoms with Crippen LogP contribution < -0.4 is 20.1 Å². The van der Waals surface area contributed by atoms with Crippen molar-refractivity contribution in [3.63, 3.8) is 0 Å². The van der Waals surface area contributed by atoms with Crippen molar-refractivity contribution in [3.8, 4) is 11.5 Å². The second kappa shape index (κ2) is 9.94. The van der Waals surface area contributed by atoms with Crippen molar-refractivity contribution in [1.82, 2.24) is 15.5 Å². The minimum absolute atomic E-state index is 0.0931. The van der Waals surface area contributed by atoms with Crippen molar-refractivity contribution < 1.29 is 19.1 Å². The number of amides is 2. The topological polar surface area (TPSA) is 79.9 Å². The average Bonchev–Trinajstić information content (AvgIpc) is 3.19. The number of hydrogen-bond donors (Lipinski definition) is 2. The van der Waals surface area contributed by atoms with Crippen molar-refractivity contribution in [1.29, 1.82) is 0 Å². The number of thiophene rings is 1. The fraction of sp³-hybridized carbons (Fsp3) is 0.368. The summed E-state index contributed by atoms with van der Waals surface area (Å²) in [6.07, 6.45) is 0. The number of ether oxygens (including phenoxy) is 2. The zero-order chi connectivity index (χ0) is 19.8. The molecule has 0 saturated carbocycles. The summed E-state index contributed by atoms with van der Waals surface area (Å²) in [5.41, 5.74) is 0.394. The summed E-state index contributed by atoms with van der Waals surface area (Å²) in [4.78, 5) is 27.6. The maximum absolute atomic E-state index is 12.3. The molecule has 8 heteroatoms. The van der Waals surface area contributed by atoms with Gasteiger partial charge in [0.15, 0.2) is 11.5 Å². The smallest absolute Gasteiger partial charge is 0.251 e. The van der Waals surface area contributed by atoms with Crippen LogP contribution in [0.2, 0.25) is 0 Å². The Hall–Kier alpha value is -2.58. The number of benzene rings is 1. The summed E-state index contributed by atoms with van der Waals surface area (Å²) >= 11 is 1.65. The molecule has 0 saturated heterocycles. The molecule has 0 bridgehead atoms. The summed E-state index contributed by atoms with van der Waals surface area (Å²) in [6, 6.07) is 8.97. The lowest BCUT2D eigenvalue weighted by Crippen LogP contribution is -2.40. The third kappa shape index (κ3) is 5.70. The van der Waals surface area contributed by atoms with Crippen molar-refractivity contribution in [3.05, 3.63) is 46.2 Å². The molecular formula is C19H25N3O4S. The third-order valence-corrected chi connectivity index (χ3v) is 5.02. The van der Waals surface area contributed by atoms with E-state index in [2.05, 4.69) is 10.6 Å². The largest absolute Gasteiger partial charge is 0.493 e. The summed E-state index contributed by atoms with van der Waals surface area (Å²) in [5.74, 6) is 0.398. The molecule has 0 aliphatic carbocycles. The molecule has 1 atom stereocenters. The highest BCUT2D eigenvalue weighted by molar-refractivity contribution is 7.10. The van der Waals surface area contributed by atoms with Gasteiger partial charge in [-0.15, -0.1) is 11.3 Å². The van der Waals surface area contributed by atoms with E-state index in [0.717, 1.165) is 0 Å². The van der Waals surface area contributed by atoms with Gasteiger partial charge in [0.25, 0.3) is 5.91 Å². The molecule has 2 amide bonds. The lowest BCUT2D eigenvalue weighted by Gasteiger charge is -2.23. The van der Waals surface area contributed by atoms with Crippen LogP contribution in [0, 0.1) is 0 Å². The van der Waals surface area contributed by atoms with E-state index in [-0.39, 0.29) is 24.4 Å². The molecule has 0 spiro atoms. The summed E-state index contributed by atoms with van der Waals surface area (Å²) < 4.78 is 10.3. The van der Waals surface area contributed by atoms with Gasteiger partial charge in [-0.25, -0.2) is 0 Å². The number of carbonyl (C=O) groups excluding carboxylic acids is 2. The molecule has 1 heterocycles. The van der Waals surface area contributed by atoms with Gasteiger partial charge in [0.2, 0.25) is 5.91 Å². The first kappa shape index (κ1) is 20.7. The van der Waals surface area contributed by atoms with E-state index >= 15 is 0 Å². The quantitative estimate of drug-likeness (QED) is 0.683. The molecule has 0 radical (unpaired) electrons. The van der Waals surface area contributed by atoms with Gasteiger partial charge in [-0.3, -0.25) is 9.59 Å². The second-order valence-corrected chi connectivity index (χ2v) is 7.03.